The van der Waals surface area contributed by atoms with Crippen LogP contribution in [0.1, 0.15) is 63.2 Å². The van der Waals surface area contributed by atoms with E-state index >= 15 is 0 Å². The second kappa shape index (κ2) is 8.72. The number of carbonyl (C=O) groups excluding carboxylic acids is 1. The minimum Gasteiger partial charge on any atom is -0.356 e. The van der Waals surface area contributed by atoms with Gasteiger partial charge in [-0.3, -0.25) is 4.79 Å². The molecular weight excluding hydrogens is 484 g/mol. The lowest BCUT2D eigenvalue weighted by atomic mass is 9.93. The van der Waals surface area contributed by atoms with Gasteiger partial charge >= 0.3 is 0 Å². The largest absolute Gasteiger partial charge is 0.356 e. The van der Waals surface area contributed by atoms with Crippen molar-refractivity contribution in [2.75, 3.05) is 47.0 Å². The highest BCUT2D eigenvalue weighted by molar-refractivity contribution is 7.91. The lowest BCUT2D eigenvalue weighted by molar-refractivity contribution is 0.102. The van der Waals surface area contributed by atoms with Crippen LogP contribution in [0.25, 0.3) is 0 Å². The molecular formula is C29H38N4O3S. The van der Waals surface area contributed by atoms with Crippen LogP contribution in [0.5, 0.6) is 0 Å². The zero-order valence-corrected chi connectivity index (χ0v) is 23.0. The van der Waals surface area contributed by atoms with Gasteiger partial charge in [0, 0.05) is 31.9 Å². The first kappa shape index (κ1) is 24.7. The standard InChI is InChI=1S/C29H38N4O3S/c1-28(2,3)19-37(35,36)23-6-4-5-22(16-23)30-27(34)24-7-8-25(33-17-20-15-21(20)18-33)31-26(24)32-13-11-29(9-10-29)12-14-32/h4-8,16,20-21H,9-15,17-19H2,1-3H3,(H,30,34)/t20-,21+. The lowest BCUT2D eigenvalue weighted by Gasteiger charge is -2.34. The number of hydrogen-bond acceptors (Lipinski definition) is 6. The molecule has 3 heterocycles. The number of amides is 1. The van der Waals surface area contributed by atoms with Crippen LogP contribution < -0.4 is 15.1 Å². The minimum absolute atomic E-state index is 0.0432. The number of rotatable bonds is 6. The molecule has 4 fully saturated rings. The predicted molar refractivity (Wildman–Crippen MR) is 147 cm³/mol. The van der Waals surface area contributed by atoms with E-state index in [1.807, 2.05) is 32.9 Å². The van der Waals surface area contributed by atoms with Gasteiger partial charge in [-0.15, -0.1) is 0 Å². The Bertz CT molecular complexity index is 1310. The number of piperidine rings is 2. The van der Waals surface area contributed by atoms with Crippen molar-refractivity contribution in [2.45, 2.75) is 57.8 Å². The first-order valence-corrected chi connectivity index (χ1v) is 15.3. The summed E-state index contributed by atoms with van der Waals surface area (Å²) < 4.78 is 25.9. The highest BCUT2D eigenvalue weighted by Gasteiger charge is 2.46. The average molecular weight is 523 g/mol. The third-order valence-corrected chi connectivity index (χ3v) is 10.8. The molecule has 2 saturated carbocycles. The van der Waals surface area contributed by atoms with E-state index in [4.69, 9.17) is 4.98 Å². The van der Waals surface area contributed by atoms with Gasteiger partial charge in [0.15, 0.2) is 9.84 Å². The van der Waals surface area contributed by atoms with E-state index in [0.29, 0.717) is 16.7 Å². The molecule has 2 aromatic rings. The summed E-state index contributed by atoms with van der Waals surface area (Å²) in [4.78, 5) is 23.5. The fourth-order valence-electron chi connectivity index (χ4n) is 6.11. The number of sulfone groups is 1. The van der Waals surface area contributed by atoms with Crippen molar-refractivity contribution in [3.05, 3.63) is 42.0 Å². The maximum atomic E-state index is 13.6. The molecule has 6 rings (SSSR count). The second-order valence-electron chi connectivity index (χ2n) is 13.0. The Morgan fingerprint density at radius 2 is 1.73 bits per heavy atom. The fourth-order valence-corrected chi connectivity index (χ4v) is 8.01. The Labute approximate surface area is 220 Å². The van der Waals surface area contributed by atoms with E-state index in [1.165, 1.54) is 19.3 Å². The quantitative estimate of drug-likeness (QED) is 0.576. The molecule has 37 heavy (non-hydrogen) atoms. The number of nitrogens with zero attached hydrogens (tertiary/aromatic N) is 3. The molecule has 1 aromatic heterocycles. The van der Waals surface area contributed by atoms with Gasteiger partial charge in [-0.25, -0.2) is 13.4 Å². The van der Waals surface area contributed by atoms with Crippen LogP contribution in [-0.4, -0.2) is 51.2 Å². The predicted octanol–water partition coefficient (Wildman–Crippen LogP) is 4.99. The summed E-state index contributed by atoms with van der Waals surface area (Å²) in [5.41, 5.74) is 1.20. The van der Waals surface area contributed by atoms with Gasteiger partial charge in [0.05, 0.1) is 16.2 Å². The molecule has 0 unspecified atom stereocenters. The first-order chi connectivity index (χ1) is 17.5. The highest BCUT2D eigenvalue weighted by atomic mass is 32.2. The number of carbonyl (C=O) groups is 1. The SMILES string of the molecule is CC(C)(C)CS(=O)(=O)c1cccc(NC(=O)c2ccc(N3C[C@H]4C[C@H]4C3)nc2N2CCC3(CC2)CC3)c1. The number of benzene rings is 1. The van der Waals surface area contributed by atoms with Crippen molar-refractivity contribution in [3.63, 3.8) is 0 Å². The van der Waals surface area contributed by atoms with Gasteiger partial charge < -0.3 is 15.1 Å². The Morgan fingerprint density at radius 1 is 1.03 bits per heavy atom. The van der Waals surface area contributed by atoms with Crippen LogP contribution in [0, 0.1) is 22.7 Å². The zero-order chi connectivity index (χ0) is 26.0. The molecule has 2 aliphatic heterocycles. The number of hydrogen-bond donors (Lipinski definition) is 1. The summed E-state index contributed by atoms with van der Waals surface area (Å²) in [6.07, 6.45) is 6.30. The molecule has 7 nitrogen and oxygen atoms in total. The number of nitrogens with one attached hydrogen (secondary N) is 1. The third-order valence-electron chi connectivity index (χ3n) is 8.56. The first-order valence-electron chi connectivity index (χ1n) is 13.7. The van der Waals surface area contributed by atoms with E-state index in [2.05, 4.69) is 15.1 Å². The lowest BCUT2D eigenvalue weighted by Crippen LogP contribution is -2.37. The molecule has 1 amide bonds. The summed E-state index contributed by atoms with van der Waals surface area (Å²) in [6.45, 7) is 9.68. The van der Waals surface area contributed by atoms with Crippen molar-refractivity contribution >= 4 is 33.1 Å². The monoisotopic (exact) mass is 522 g/mol. The van der Waals surface area contributed by atoms with Crippen molar-refractivity contribution < 1.29 is 13.2 Å². The summed E-state index contributed by atoms with van der Waals surface area (Å²) in [7, 11) is -3.46. The summed E-state index contributed by atoms with van der Waals surface area (Å²) in [5.74, 6) is 3.11. The molecule has 1 aromatic carbocycles. The summed E-state index contributed by atoms with van der Waals surface area (Å²) >= 11 is 0. The van der Waals surface area contributed by atoms with Crippen LogP contribution in [0.15, 0.2) is 41.3 Å². The van der Waals surface area contributed by atoms with Gasteiger partial charge in [0.1, 0.15) is 11.6 Å². The van der Waals surface area contributed by atoms with Gasteiger partial charge in [-0.2, -0.15) is 0 Å². The van der Waals surface area contributed by atoms with E-state index < -0.39 is 9.84 Å². The van der Waals surface area contributed by atoms with Crippen LogP contribution in [0.3, 0.4) is 0 Å². The maximum Gasteiger partial charge on any atom is 0.259 e. The van der Waals surface area contributed by atoms with E-state index in [0.717, 1.165) is 62.5 Å². The van der Waals surface area contributed by atoms with Crippen molar-refractivity contribution in [1.82, 2.24) is 4.98 Å². The number of aromatic nitrogens is 1. The molecule has 8 heteroatoms. The Morgan fingerprint density at radius 3 is 2.38 bits per heavy atom. The maximum absolute atomic E-state index is 13.6. The molecule has 2 atom stereocenters. The van der Waals surface area contributed by atoms with Gasteiger partial charge in [-0.1, -0.05) is 26.8 Å². The van der Waals surface area contributed by atoms with Gasteiger partial charge in [0.2, 0.25) is 0 Å². The van der Waals surface area contributed by atoms with Gasteiger partial charge in [0.25, 0.3) is 5.91 Å². The van der Waals surface area contributed by atoms with E-state index in [9.17, 15) is 13.2 Å². The average Bonchev–Trinajstić information content (AvgIpc) is 3.74. The smallest absolute Gasteiger partial charge is 0.259 e. The third kappa shape index (κ3) is 5.22. The highest BCUT2D eigenvalue weighted by Crippen LogP contribution is 2.54. The molecule has 4 aliphatic rings. The summed E-state index contributed by atoms with van der Waals surface area (Å²) in [5, 5.41) is 2.96. The summed E-state index contributed by atoms with van der Waals surface area (Å²) in [6, 6.07) is 10.5. The molecule has 2 saturated heterocycles. The number of pyridine rings is 1. The van der Waals surface area contributed by atoms with E-state index in [1.54, 1.807) is 24.3 Å². The van der Waals surface area contributed by atoms with E-state index in [-0.39, 0.29) is 22.0 Å². The van der Waals surface area contributed by atoms with Gasteiger partial charge in [-0.05, 0) is 85.1 Å². The molecule has 1 spiro atoms. The fraction of sp³-hybridized carbons (Fsp3) is 0.586. The Kier molecular flexibility index (Phi) is 5.82. The van der Waals surface area contributed by atoms with Crippen LogP contribution in [0.2, 0.25) is 0 Å². The van der Waals surface area contributed by atoms with Crippen LogP contribution >= 0.6 is 0 Å². The minimum atomic E-state index is -3.46. The van der Waals surface area contributed by atoms with Crippen LogP contribution in [-0.2, 0) is 9.84 Å². The molecule has 1 N–H and O–H groups in total. The number of fused-ring (bicyclic) bond motifs is 1. The Balaban J connectivity index is 1.25. The number of anilines is 3. The Hall–Kier alpha value is -2.61. The topological polar surface area (TPSA) is 82.6 Å². The van der Waals surface area contributed by atoms with Crippen molar-refractivity contribution in [3.8, 4) is 0 Å². The van der Waals surface area contributed by atoms with Crippen LogP contribution in [0.4, 0.5) is 17.3 Å². The molecule has 0 bridgehead atoms. The zero-order valence-electron chi connectivity index (χ0n) is 22.2. The molecule has 2 aliphatic carbocycles. The van der Waals surface area contributed by atoms with Crippen molar-refractivity contribution in [2.24, 2.45) is 22.7 Å². The van der Waals surface area contributed by atoms with Crippen molar-refractivity contribution in [1.29, 1.82) is 0 Å². The normalized spacial score (nSPS) is 24.2. The molecule has 198 valence electrons. The second-order valence-corrected chi connectivity index (χ2v) is 15.0. The molecule has 0 radical (unpaired) electrons.